The summed E-state index contributed by atoms with van der Waals surface area (Å²) in [5.41, 5.74) is 5.94. The van der Waals surface area contributed by atoms with Crippen molar-refractivity contribution in [2.45, 2.75) is 52.0 Å². The molecule has 2 amide bonds. The van der Waals surface area contributed by atoms with Crippen molar-refractivity contribution in [1.82, 2.24) is 5.32 Å². The van der Waals surface area contributed by atoms with E-state index in [9.17, 15) is 4.79 Å². The van der Waals surface area contributed by atoms with Crippen molar-refractivity contribution in [1.29, 1.82) is 0 Å². The van der Waals surface area contributed by atoms with E-state index in [2.05, 4.69) is 19.2 Å². The normalized spacial score (nSPS) is 54.0. The Bertz CT molecular complexity index is 303. The predicted molar refractivity (Wildman–Crippen MR) is 62.8 cm³/mol. The highest BCUT2D eigenvalue weighted by molar-refractivity contribution is 5.72. The Morgan fingerprint density at radius 1 is 1.12 bits per heavy atom. The summed E-state index contributed by atoms with van der Waals surface area (Å²) < 4.78 is 0. The molecule has 3 nitrogen and oxygen atoms in total. The summed E-state index contributed by atoms with van der Waals surface area (Å²) in [6.07, 6.45) is 6.55. The Kier molecular flexibility index (Phi) is 1.91. The number of carbonyl (C=O) groups excluding carboxylic acids is 1. The molecule has 0 aromatic carbocycles. The molecule has 0 saturated heterocycles. The third-order valence-electron chi connectivity index (χ3n) is 5.37. The van der Waals surface area contributed by atoms with E-state index in [1.165, 1.54) is 32.1 Å². The molecule has 0 aliphatic heterocycles. The second kappa shape index (κ2) is 2.93. The van der Waals surface area contributed by atoms with Crippen LogP contribution >= 0.6 is 0 Å². The maximum atomic E-state index is 11.2. The van der Waals surface area contributed by atoms with Gasteiger partial charge in [-0.2, -0.15) is 0 Å². The van der Waals surface area contributed by atoms with Gasteiger partial charge in [0.25, 0.3) is 0 Å². The topological polar surface area (TPSA) is 55.1 Å². The van der Waals surface area contributed by atoms with E-state index < -0.39 is 0 Å². The van der Waals surface area contributed by atoms with Crippen LogP contribution < -0.4 is 11.1 Å². The molecule has 0 spiro atoms. The van der Waals surface area contributed by atoms with E-state index in [0.717, 1.165) is 11.8 Å². The lowest BCUT2D eigenvalue weighted by atomic mass is 9.43. The molecule has 4 aliphatic carbocycles. The zero-order valence-corrected chi connectivity index (χ0v) is 10.3. The van der Waals surface area contributed by atoms with E-state index in [4.69, 9.17) is 5.73 Å². The van der Waals surface area contributed by atoms with Gasteiger partial charge in [-0.05, 0) is 54.8 Å². The fourth-order valence-corrected chi connectivity index (χ4v) is 5.56. The molecule has 0 aromatic heterocycles. The van der Waals surface area contributed by atoms with Gasteiger partial charge >= 0.3 is 6.03 Å². The lowest BCUT2D eigenvalue weighted by Crippen LogP contribution is -2.66. The summed E-state index contributed by atoms with van der Waals surface area (Å²) in [7, 11) is 0. The van der Waals surface area contributed by atoms with Crippen molar-refractivity contribution in [3.63, 3.8) is 0 Å². The third-order valence-corrected chi connectivity index (χ3v) is 5.37. The van der Waals surface area contributed by atoms with Crippen molar-refractivity contribution in [3.8, 4) is 0 Å². The maximum absolute atomic E-state index is 11.2. The highest BCUT2D eigenvalue weighted by Crippen LogP contribution is 2.64. The van der Waals surface area contributed by atoms with Gasteiger partial charge in [-0.1, -0.05) is 13.8 Å². The van der Waals surface area contributed by atoms with Crippen LogP contribution in [0.15, 0.2) is 0 Å². The minimum atomic E-state index is -0.347. The summed E-state index contributed by atoms with van der Waals surface area (Å²) >= 11 is 0. The van der Waals surface area contributed by atoms with Crippen LogP contribution in [0.1, 0.15) is 46.0 Å². The van der Waals surface area contributed by atoms with Crippen LogP contribution in [0.4, 0.5) is 4.79 Å². The lowest BCUT2D eigenvalue weighted by molar-refractivity contribution is -0.120. The van der Waals surface area contributed by atoms with E-state index in [-0.39, 0.29) is 6.03 Å². The Balaban J connectivity index is 1.94. The van der Waals surface area contributed by atoms with Gasteiger partial charge in [0.15, 0.2) is 0 Å². The Labute approximate surface area is 97.2 Å². The molecule has 3 N–H and O–H groups in total. The van der Waals surface area contributed by atoms with Gasteiger partial charge in [-0.3, -0.25) is 0 Å². The molecule has 16 heavy (non-hydrogen) atoms. The number of nitrogens with one attached hydrogen (secondary N) is 1. The van der Waals surface area contributed by atoms with Gasteiger partial charge in [0.1, 0.15) is 0 Å². The lowest BCUT2D eigenvalue weighted by Gasteiger charge is -2.64. The Morgan fingerprint density at radius 3 is 1.94 bits per heavy atom. The smallest absolute Gasteiger partial charge is 0.312 e. The average Bonchev–Trinajstić information content (AvgIpc) is 2.08. The van der Waals surface area contributed by atoms with Crippen molar-refractivity contribution < 1.29 is 4.79 Å². The van der Waals surface area contributed by atoms with E-state index in [1.54, 1.807) is 0 Å². The zero-order valence-electron chi connectivity index (χ0n) is 10.3. The number of amides is 2. The number of rotatable bonds is 1. The van der Waals surface area contributed by atoms with Gasteiger partial charge < -0.3 is 11.1 Å². The highest BCUT2D eigenvalue weighted by atomic mass is 16.2. The molecule has 0 unspecified atom stereocenters. The molecule has 3 heteroatoms. The number of hydrogen-bond acceptors (Lipinski definition) is 1. The molecule has 0 atom stereocenters. The van der Waals surface area contributed by atoms with Crippen LogP contribution in [-0.4, -0.2) is 12.1 Å². The van der Waals surface area contributed by atoms with E-state index >= 15 is 0 Å². The molecule has 4 fully saturated rings. The van der Waals surface area contributed by atoms with Crippen LogP contribution in [-0.2, 0) is 0 Å². The largest absolute Gasteiger partial charge is 0.352 e. The molecule has 0 radical (unpaired) electrons. The quantitative estimate of drug-likeness (QED) is 0.702. The average molecular weight is 222 g/mol. The van der Waals surface area contributed by atoms with Crippen molar-refractivity contribution in [3.05, 3.63) is 0 Å². The number of carbonyl (C=O) groups is 1. The molecule has 90 valence electrons. The Hall–Kier alpha value is -0.730. The molecule has 4 aliphatic rings. The number of nitrogens with two attached hydrogens (primary N) is 1. The molecular weight excluding hydrogens is 200 g/mol. The van der Waals surface area contributed by atoms with Gasteiger partial charge in [0.05, 0.1) is 0 Å². The second-order valence-corrected chi connectivity index (χ2v) is 7.03. The second-order valence-electron chi connectivity index (χ2n) is 7.03. The van der Waals surface area contributed by atoms with Crippen LogP contribution in [0.2, 0.25) is 0 Å². The van der Waals surface area contributed by atoms with Crippen molar-refractivity contribution in [2.24, 2.45) is 28.4 Å². The number of urea groups is 1. The highest BCUT2D eigenvalue weighted by Gasteiger charge is 2.60. The molecule has 4 saturated carbocycles. The monoisotopic (exact) mass is 222 g/mol. The van der Waals surface area contributed by atoms with Crippen LogP contribution in [0.5, 0.6) is 0 Å². The minimum absolute atomic E-state index is 0.297. The summed E-state index contributed by atoms with van der Waals surface area (Å²) in [6.45, 7) is 4.70. The number of primary amides is 1. The first-order valence-corrected chi connectivity index (χ1v) is 6.47. The first-order chi connectivity index (χ1) is 7.41. The molecule has 0 heterocycles. The zero-order chi connectivity index (χ0) is 11.6. The molecule has 0 aromatic rings. The van der Waals surface area contributed by atoms with Crippen molar-refractivity contribution >= 4 is 6.03 Å². The van der Waals surface area contributed by atoms with Gasteiger partial charge in [-0.25, -0.2) is 4.79 Å². The van der Waals surface area contributed by atoms with Crippen molar-refractivity contribution in [2.75, 3.05) is 0 Å². The summed E-state index contributed by atoms with van der Waals surface area (Å²) in [5.74, 6) is 1.79. The van der Waals surface area contributed by atoms with Crippen LogP contribution in [0.25, 0.3) is 0 Å². The van der Waals surface area contributed by atoms with Gasteiger partial charge in [0.2, 0.25) is 0 Å². The standard InChI is InChI=1S/C13H22N2O/c1-12-4-8-3-9(5-12)7-13(2,6-8)10(12)15-11(14)16/h8-10H,3-7H2,1-2H3,(H3,14,15,16). The van der Waals surface area contributed by atoms with E-state index in [0.29, 0.717) is 16.9 Å². The first kappa shape index (κ1) is 10.4. The minimum Gasteiger partial charge on any atom is -0.352 e. The fraction of sp³-hybridized carbons (Fsp3) is 0.923. The van der Waals surface area contributed by atoms with Crippen LogP contribution in [0, 0.1) is 22.7 Å². The van der Waals surface area contributed by atoms with Gasteiger partial charge in [-0.15, -0.1) is 0 Å². The molecular formula is C13H22N2O. The van der Waals surface area contributed by atoms with E-state index in [1.807, 2.05) is 0 Å². The molecule has 4 rings (SSSR count). The Morgan fingerprint density at radius 2 is 1.56 bits per heavy atom. The maximum Gasteiger partial charge on any atom is 0.312 e. The third kappa shape index (κ3) is 1.30. The van der Waals surface area contributed by atoms with Crippen LogP contribution in [0.3, 0.4) is 0 Å². The SMILES string of the molecule is CC12CC3CC(C1)CC(C)(C3)C2NC(N)=O. The summed E-state index contributed by atoms with van der Waals surface area (Å²) in [4.78, 5) is 11.2. The van der Waals surface area contributed by atoms with Gasteiger partial charge in [0, 0.05) is 6.04 Å². The summed E-state index contributed by atoms with van der Waals surface area (Å²) in [5, 5.41) is 3.04. The first-order valence-electron chi connectivity index (χ1n) is 6.47. The summed E-state index contributed by atoms with van der Waals surface area (Å²) in [6, 6.07) is -0.0507. The molecule has 4 bridgehead atoms. The fourth-order valence-electron chi connectivity index (χ4n) is 5.56. The number of hydrogen-bond donors (Lipinski definition) is 2. The predicted octanol–water partition coefficient (Wildman–Crippen LogP) is 2.26.